The molecule has 2 heteroatoms. The van der Waals surface area contributed by atoms with Gasteiger partial charge in [0.05, 0.1) is 0 Å². The molecule has 0 amide bonds. The van der Waals surface area contributed by atoms with Crippen molar-refractivity contribution in [3.05, 3.63) is 34.4 Å². The second-order valence-electron chi connectivity index (χ2n) is 5.68. The van der Waals surface area contributed by atoms with Crippen molar-refractivity contribution in [1.29, 1.82) is 0 Å². The fourth-order valence-electron chi connectivity index (χ4n) is 2.42. The Morgan fingerprint density at radius 2 is 1.65 bits per heavy atom. The largest absolute Gasteiger partial charge is 0.396 e. The van der Waals surface area contributed by atoms with E-state index in [0.717, 1.165) is 0 Å². The molecule has 0 aliphatic rings. The van der Waals surface area contributed by atoms with Gasteiger partial charge in [-0.15, -0.1) is 0 Å². The summed E-state index contributed by atoms with van der Waals surface area (Å²) in [5.74, 6) is 0.201. The summed E-state index contributed by atoms with van der Waals surface area (Å²) >= 11 is 0. The van der Waals surface area contributed by atoms with Crippen LogP contribution in [0.1, 0.15) is 48.4 Å². The quantitative estimate of drug-likeness (QED) is 0.843. The van der Waals surface area contributed by atoms with Gasteiger partial charge in [0.15, 0.2) is 0 Å². The SMILES string of the molecule is Cc1cc(C)c(C(CCO)C(C)(C)N)cc1C. The van der Waals surface area contributed by atoms with Crippen molar-refractivity contribution in [3.8, 4) is 0 Å². The van der Waals surface area contributed by atoms with Crippen molar-refractivity contribution in [1.82, 2.24) is 0 Å². The van der Waals surface area contributed by atoms with Crippen molar-refractivity contribution in [2.24, 2.45) is 5.73 Å². The Bertz CT molecular complexity index is 391. The molecule has 1 aromatic rings. The van der Waals surface area contributed by atoms with Crippen LogP contribution in [0.25, 0.3) is 0 Å². The predicted molar refractivity (Wildman–Crippen MR) is 73.4 cm³/mol. The van der Waals surface area contributed by atoms with E-state index in [1.165, 1.54) is 22.3 Å². The molecule has 1 rings (SSSR count). The maximum Gasteiger partial charge on any atom is 0.0437 e. The van der Waals surface area contributed by atoms with Crippen LogP contribution in [-0.2, 0) is 0 Å². The highest BCUT2D eigenvalue weighted by Crippen LogP contribution is 2.32. The van der Waals surface area contributed by atoms with Crippen LogP contribution in [0.4, 0.5) is 0 Å². The van der Waals surface area contributed by atoms with Crippen molar-refractivity contribution < 1.29 is 5.11 Å². The van der Waals surface area contributed by atoms with Gasteiger partial charge >= 0.3 is 0 Å². The van der Waals surface area contributed by atoms with Gasteiger partial charge in [-0.25, -0.2) is 0 Å². The smallest absolute Gasteiger partial charge is 0.0437 e. The monoisotopic (exact) mass is 235 g/mol. The Kier molecular flexibility index (Phi) is 4.34. The number of rotatable bonds is 4. The standard InChI is InChI=1S/C15H25NO/c1-10-8-12(3)13(9-11(10)2)14(6-7-17)15(4,5)16/h8-9,14,17H,6-7,16H2,1-5H3. The minimum atomic E-state index is -0.310. The summed E-state index contributed by atoms with van der Waals surface area (Å²) < 4.78 is 0. The molecule has 0 fully saturated rings. The highest BCUT2D eigenvalue weighted by molar-refractivity contribution is 5.39. The number of nitrogens with two attached hydrogens (primary N) is 1. The van der Waals surface area contributed by atoms with E-state index >= 15 is 0 Å². The molecule has 0 aliphatic carbocycles. The van der Waals surface area contributed by atoms with Crippen LogP contribution in [0.3, 0.4) is 0 Å². The Labute approximate surface area is 105 Å². The van der Waals surface area contributed by atoms with Crippen molar-refractivity contribution in [3.63, 3.8) is 0 Å². The zero-order chi connectivity index (χ0) is 13.2. The molecular formula is C15H25NO. The van der Waals surface area contributed by atoms with Crippen LogP contribution < -0.4 is 5.73 Å². The average Bonchev–Trinajstić information content (AvgIpc) is 2.19. The molecule has 17 heavy (non-hydrogen) atoms. The lowest BCUT2D eigenvalue weighted by Gasteiger charge is -2.32. The number of hydrogen-bond donors (Lipinski definition) is 2. The molecule has 0 saturated heterocycles. The number of aryl methyl sites for hydroxylation is 3. The number of hydrogen-bond acceptors (Lipinski definition) is 2. The molecule has 1 aromatic carbocycles. The molecule has 1 unspecified atom stereocenters. The van der Waals surface area contributed by atoms with E-state index in [1.807, 2.05) is 13.8 Å². The van der Waals surface area contributed by atoms with Gasteiger partial charge in [-0.2, -0.15) is 0 Å². The van der Waals surface area contributed by atoms with Gasteiger partial charge in [0.25, 0.3) is 0 Å². The van der Waals surface area contributed by atoms with Crippen LogP contribution in [0, 0.1) is 20.8 Å². The van der Waals surface area contributed by atoms with Crippen molar-refractivity contribution in [2.75, 3.05) is 6.61 Å². The normalized spacial score (nSPS) is 13.8. The van der Waals surface area contributed by atoms with E-state index in [-0.39, 0.29) is 18.1 Å². The van der Waals surface area contributed by atoms with Crippen molar-refractivity contribution in [2.45, 2.75) is 52.5 Å². The van der Waals surface area contributed by atoms with Gasteiger partial charge in [0.1, 0.15) is 0 Å². The molecule has 0 aromatic heterocycles. The second kappa shape index (κ2) is 5.19. The third kappa shape index (κ3) is 3.30. The zero-order valence-electron chi connectivity index (χ0n) is 11.7. The van der Waals surface area contributed by atoms with E-state index in [2.05, 4.69) is 32.9 Å². The summed E-state index contributed by atoms with van der Waals surface area (Å²) in [6, 6.07) is 4.43. The Morgan fingerprint density at radius 3 is 2.12 bits per heavy atom. The number of aliphatic hydroxyl groups excluding tert-OH is 1. The molecule has 0 heterocycles. The Morgan fingerprint density at radius 1 is 1.12 bits per heavy atom. The molecule has 3 N–H and O–H groups in total. The van der Waals surface area contributed by atoms with Crippen LogP contribution in [0.5, 0.6) is 0 Å². The lowest BCUT2D eigenvalue weighted by Crippen LogP contribution is -2.40. The first-order chi connectivity index (χ1) is 7.77. The summed E-state index contributed by atoms with van der Waals surface area (Å²) in [4.78, 5) is 0. The van der Waals surface area contributed by atoms with Crippen LogP contribution in [-0.4, -0.2) is 17.3 Å². The van der Waals surface area contributed by atoms with Gasteiger partial charge in [0.2, 0.25) is 0 Å². The van der Waals surface area contributed by atoms with E-state index < -0.39 is 0 Å². The van der Waals surface area contributed by atoms with E-state index in [9.17, 15) is 5.11 Å². The third-order valence-electron chi connectivity index (χ3n) is 3.57. The lowest BCUT2D eigenvalue weighted by atomic mass is 9.78. The van der Waals surface area contributed by atoms with Gasteiger partial charge in [-0.05, 0) is 63.3 Å². The molecule has 0 spiro atoms. The van der Waals surface area contributed by atoms with Crippen molar-refractivity contribution >= 4 is 0 Å². The number of aliphatic hydroxyl groups is 1. The summed E-state index contributed by atoms with van der Waals surface area (Å²) in [5, 5.41) is 9.22. The van der Waals surface area contributed by atoms with E-state index in [4.69, 9.17) is 5.73 Å². The van der Waals surface area contributed by atoms with Gasteiger partial charge in [-0.3, -0.25) is 0 Å². The third-order valence-corrected chi connectivity index (χ3v) is 3.57. The molecule has 2 nitrogen and oxygen atoms in total. The van der Waals surface area contributed by atoms with E-state index in [0.29, 0.717) is 6.42 Å². The topological polar surface area (TPSA) is 46.2 Å². The highest BCUT2D eigenvalue weighted by Gasteiger charge is 2.27. The van der Waals surface area contributed by atoms with Crippen LogP contribution in [0.2, 0.25) is 0 Å². The molecule has 96 valence electrons. The summed E-state index contributed by atoms with van der Waals surface area (Å²) in [7, 11) is 0. The maximum absolute atomic E-state index is 9.22. The van der Waals surface area contributed by atoms with Gasteiger partial charge in [-0.1, -0.05) is 12.1 Å². The minimum Gasteiger partial charge on any atom is -0.396 e. The summed E-state index contributed by atoms with van der Waals surface area (Å²) in [5.41, 5.74) is 11.1. The Balaban J connectivity index is 3.23. The number of benzene rings is 1. The lowest BCUT2D eigenvalue weighted by molar-refractivity contribution is 0.250. The molecule has 0 aliphatic heterocycles. The van der Waals surface area contributed by atoms with Crippen LogP contribution >= 0.6 is 0 Å². The fraction of sp³-hybridized carbons (Fsp3) is 0.600. The second-order valence-corrected chi connectivity index (χ2v) is 5.68. The summed E-state index contributed by atoms with van der Waals surface area (Å²) in [6.45, 7) is 10.6. The maximum atomic E-state index is 9.22. The first kappa shape index (κ1) is 14.2. The minimum absolute atomic E-state index is 0.178. The Hall–Kier alpha value is -0.860. The van der Waals surface area contributed by atoms with E-state index in [1.54, 1.807) is 0 Å². The molecular weight excluding hydrogens is 210 g/mol. The molecule has 0 bridgehead atoms. The molecule has 0 radical (unpaired) electrons. The summed E-state index contributed by atoms with van der Waals surface area (Å²) in [6.07, 6.45) is 0.715. The van der Waals surface area contributed by atoms with Gasteiger partial charge in [0, 0.05) is 18.1 Å². The predicted octanol–water partition coefficient (Wildman–Crippen LogP) is 2.82. The zero-order valence-corrected chi connectivity index (χ0v) is 11.7. The first-order valence-corrected chi connectivity index (χ1v) is 6.25. The average molecular weight is 235 g/mol. The van der Waals surface area contributed by atoms with Crippen LogP contribution in [0.15, 0.2) is 12.1 Å². The molecule has 0 saturated carbocycles. The van der Waals surface area contributed by atoms with Gasteiger partial charge < -0.3 is 10.8 Å². The highest BCUT2D eigenvalue weighted by atomic mass is 16.3. The molecule has 1 atom stereocenters. The first-order valence-electron chi connectivity index (χ1n) is 6.25. The fourth-order valence-corrected chi connectivity index (χ4v) is 2.42.